The van der Waals surface area contributed by atoms with Gasteiger partial charge in [0.25, 0.3) is 0 Å². The summed E-state index contributed by atoms with van der Waals surface area (Å²) < 4.78 is 13.7. The van der Waals surface area contributed by atoms with Crippen LogP contribution in [-0.4, -0.2) is 4.98 Å². The highest BCUT2D eigenvalue weighted by molar-refractivity contribution is 7.99. The minimum absolute atomic E-state index is 0.324. The SMILES string of the molecule is Cc1cc(C)nc(Sc2ccc(C#N)cc2F)c1. The largest absolute Gasteiger partial charge is 0.246 e. The fourth-order valence-electron chi connectivity index (χ4n) is 1.62. The lowest BCUT2D eigenvalue weighted by molar-refractivity contribution is 0.601. The molecular weight excluding hydrogens is 247 g/mol. The van der Waals surface area contributed by atoms with Crippen molar-refractivity contribution in [2.75, 3.05) is 0 Å². The van der Waals surface area contributed by atoms with Crippen LogP contribution in [0.15, 0.2) is 40.3 Å². The first-order valence-electron chi connectivity index (χ1n) is 5.41. The van der Waals surface area contributed by atoms with Gasteiger partial charge in [-0.05, 0) is 49.7 Å². The molecule has 18 heavy (non-hydrogen) atoms. The first-order valence-corrected chi connectivity index (χ1v) is 6.23. The number of nitriles is 1. The molecule has 0 unspecified atom stereocenters. The van der Waals surface area contributed by atoms with E-state index in [4.69, 9.17) is 5.26 Å². The Labute approximate surface area is 109 Å². The van der Waals surface area contributed by atoms with Crippen molar-refractivity contribution in [2.45, 2.75) is 23.8 Å². The molecule has 0 N–H and O–H groups in total. The minimum Gasteiger partial charge on any atom is -0.246 e. The van der Waals surface area contributed by atoms with E-state index >= 15 is 0 Å². The van der Waals surface area contributed by atoms with E-state index in [0.29, 0.717) is 10.5 Å². The molecule has 1 heterocycles. The van der Waals surface area contributed by atoms with E-state index in [1.165, 1.54) is 17.8 Å². The number of rotatable bonds is 2. The number of nitrogens with zero attached hydrogens (tertiary/aromatic N) is 2. The molecule has 90 valence electrons. The van der Waals surface area contributed by atoms with Crippen LogP contribution < -0.4 is 0 Å². The highest BCUT2D eigenvalue weighted by Gasteiger charge is 2.07. The molecule has 0 bridgehead atoms. The zero-order valence-corrected chi connectivity index (χ0v) is 10.9. The normalized spacial score (nSPS) is 10.1. The van der Waals surface area contributed by atoms with Crippen LogP contribution >= 0.6 is 11.8 Å². The van der Waals surface area contributed by atoms with Gasteiger partial charge in [-0.2, -0.15) is 5.26 Å². The van der Waals surface area contributed by atoms with Gasteiger partial charge in [-0.1, -0.05) is 11.8 Å². The van der Waals surface area contributed by atoms with Crippen LogP contribution in [0, 0.1) is 31.0 Å². The van der Waals surface area contributed by atoms with Gasteiger partial charge in [0.2, 0.25) is 0 Å². The van der Waals surface area contributed by atoms with Gasteiger partial charge in [0.15, 0.2) is 0 Å². The van der Waals surface area contributed by atoms with E-state index in [1.807, 2.05) is 32.0 Å². The summed E-state index contributed by atoms with van der Waals surface area (Å²) in [4.78, 5) is 4.82. The molecule has 2 nitrogen and oxygen atoms in total. The maximum Gasteiger partial charge on any atom is 0.138 e. The third-order valence-electron chi connectivity index (χ3n) is 2.35. The average Bonchev–Trinajstić information content (AvgIpc) is 2.30. The van der Waals surface area contributed by atoms with E-state index in [1.54, 1.807) is 12.1 Å². The Kier molecular flexibility index (Phi) is 3.63. The van der Waals surface area contributed by atoms with Gasteiger partial charge in [-0.25, -0.2) is 9.37 Å². The second-order valence-electron chi connectivity index (χ2n) is 3.98. The van der Waals surface area contributed by atoms with Crippen molar-refractivity contribution in [1.29, 1.82) is 5.26 Å². The Morgan fingerprint density at radius 3 is 2.61 bits per heavy atom. The fourth-order valence-corrected chi connectivity index (χ4v) is 2.57. The van der Waals surface area contributed by atoms with Crippen LogP contribution in [0.1, 0.15) is 16.8 Å². The summed E-state index contributed by atoms with van der Waals surface area (Å²) >= 11 is 1.27. The first-order chi connectivity index (χ1) is 8.58. The van der Waals surface area contributed by atoms with E-state index in [9.17, 15) is 4.39 Å². The van der Waals surface area contributed by atoms with Crippen LogP contribution in [0.4, 0.5) is 4.39 Å². The Morgan fingerprint density at radius 2 is 2.00 bits per heavy atom. The van der Waals surface area contributed by atoms with E-state index in [-0.39, 0.29) is 5.82 Å². The van der Waals surface area contributed by atoms with E-state index in [2.05, 4.69) is 4.98 Å². The lowest BCUT2D eigenvalue weighted by atomic mass is 10.2. The second kappa shape index (κ2) is 5.19. The molecule has 0 radical (unpaired) electrons. The Balaban J connectivity index is 2.31. The smallest absolute Gasteiger partial charge is 0.138 e. The molecule has 2 rings (SSSR count). The van der Waals surface area contributed by atoms with Gasteiger partial charge in [0.1, 0.15) is 10.8 Å². The number of hydrogen-bond acceptors (Lipinski definition) is 3. The van der Waals surface area contributed by atoms with Crippen LogP contribution in [0.25, 0.3) is 0 Å². The summed E-state index contributed by atoms with van der Waals surface area (Å²) in [6.45, 7) is 3.89. The Morgan fingerprint density at radius 1 is 1.22 bits per heavy atom. The average molecular weight is 258 g/mol. The predicted molar refractivity (Wildman–Crippen MR) is 68.9 cm³/mol. The van der Waals surface area contributed by atoms with Crippen molar-refractivity contribution in [3.05, 3.63) is 53.0 Å². The second-order valence-corrected chi connectivity index (χ2v) is 5.05. The van der Waals surface area contributed by atoms with Gasteiger partial charge >= 0.3 is 0 Å². The summed E-state index contributed by atoms with van der Waals surface area (Å²) in [6, 6.07) is 10.3. The first kappa shape index (κ1) is 12.6. The van der Waals surface area contributed by atoms with Crippen molar-refractivity contribution < 1.29 is 4.39 Å². The number of halogens is 1. The summed E-state index contributed by atoms with van der Waals surface area (Å²) in [7, 11) is 0. The lowest BCUT2D eigenvalue weighted by Gasteiger charge is -2.05. The molecule has 0 fully saturated rings. The number of aryl methyl sites for hydroxylation is 2. The molecule has 0 saturated carbocycles. The van der Waals surface area contributed by atoms with E-state index < -0.39 is 0 Å². The minimum atomic E-state index is -0.389. The van der Waals surface area contributed by atoms with Gasteiger partial charge < -0.3 is 0 Å². The number of hydrogen-bond donors (Lipinski definition) is 0. The Bertz CT molecular complexity index is 612. The summed E-state index contributed by atoms with van der Waals surface area (Å²) in [5.41, 5.74) is 2.33. The highest BCUT2D eigenvalue weighted by Crippen LogP contribution is 2.29. The molecular formula is C14H11FN2S. The van der Waals surface area contributed by atoms with Gasteiger partial charge in [0, 0.05) is 10.6 Å². The number of aromatic nitrogens is 1. The molecule has 2 aromatic rings. The highest BCUT2D eigenvalue weighted by atomic mass is 32.2. The van der Waals surface area contributed by atoms with Gasteiger partial charge in [-0.15, -0.1) is 0 Å². The van der Waals surface area contributed by atoms with Crippen LogP contribution in [0.3, 0.4) is 0 Å². The summed E-state index contributed by atoms with van der Waals surface area (Å²) in [5, 5.41) is 9.44. The van der Waals surface area contributed by atoms with Crippen molar-refractivity contribution >= 4 is 11.8 Å². The van der Waals surface area contributed by atoms with Crippen molar-refractivity contribution in [3.63, 3.8) is 0 Å². The topological polar surface area (TPSA) is 36.7 Å². The summed E-state index contributed by atoms with van der Waals surface area (Å²) in [5.74, 6) is -0.389. The molecule has 1 aromatic heterocycles. The van der Waals surface area contributed by atoms with Crippen molar-refractivity contribution in [2.24, 2.45) is 0 Å². The molecule has 0 aliphatic rings. The van der Waals surface area contributed by atoms with Crippen molar-refractivity contribution in [3.8, 4) is 6.07 Å². The lowest BCUT2D eigenvalue weighted by Crippen LogP contribution is -1.89. The standard InChI is InChI=1S/C14H11FN2S/c1-9-5-10(2)17-14(6-9)18-13-4-3-11(8-16)7-12(13)15/h3-7H,1-2H3. The molecule has 0 spiro atoms. The van der Waals surface area contributed by atoms with Crippen LogP contribution in [-0.2, 0) is 0 Å². The quantitative estimate of drug-likeness (QED) is 0.820. The molecule has 0 atom stereocenters. The molecule has 0 aliphatic carbocycles. The molecule has 1 aromatic carbocycles. The van der Waals surface area contributed by atoms with E-state index in [0.717, 1.165) is 16.3 Å². The zero-order chi connectivity index (χ0) is 13.1. The molecule has 0 saturated heterocycles. The molecule has 0 amide bonds. The molecule has 0 aliphatic heterocycles. The number of benzene rings is 1. The monoisotopic (exact) mass is 258 g/mol. The van der Waals surface area contributed by atoms with Crippen LogP contribution in [0.2, 0.25) is 0 Å². The van der Waals surface area contributed by atoms with Gasteiger partial charge in [0.05, 0.1) is 11.6 Å². The maximum absolute atomic E-state index is 13.7. The number of pyridine rings is 1. The molecule has 4 heteroatoms. The van der Waals surface area contributed by atoms with Gasteiger partial charge in [-0.3, -0.25) is 0 Å². The van der Waals surface area contributed by atoms with Crippen molar-refractivity contribution in [1.82, 2.24) is 4.98 Å². The van der Waals surface area contributed by atoms with Crippen LogP contribution in [0.5, 0.6) is 0 Å². The maximum atomic E-state index is 13.7. The Hall–Kier alpha value is -1.86. The predicted octanol–water partition coefficient (Wildman–Crippen LogP) is 3.86. The fraction of sp³-hybridized carbons (Fsp3) is 0.143. The third-order valence-corrected chi connectivity index (χ3v) is 3.32. The third kappa shape index (κ3) is 2.88. The zero-order valence-electron chi connectivity index (χ0n) is 10.1. The summed E-state index contributed by atoms with van der Waals surface area (Å²) in [6.07, 6.45) is 0.